The number of methoxy groups -OCH3 is 1. The summed E-state index contributed by atoms with van der Waals surface area (Å²) in [5.74, 6) is -0.814. The molecule has 0 fully saturated rings. The average Bonchev–Trinajstić information content (AvgIpc) is 2.66. The second-order valence-corrected chi connectivity index (χ2v) is 8.02. The first kappa shape index (κ1) is 18.6. The Morgan fingerprint density at radius 1 is 1.19 bits per heavy atom. The van der Waals surface area contributed by atoms with E-state index in [-0.39, 0.29) is 23.9 Å². The van der Waals surface area contributed by atoms with Gasteiger partial charge in [0, 0.05) is 12.6 Å². The van der Waals surface area contributed by atoms with Crippen LogP contribution in [0, 0.1) is 0 Å². The number of carbonyl (C=O) groups is 1. The van der Waals surface area contributed by atoms with Crippen molar-refractivity contribution < 1.29 is 17.9 Å². The van der Waals surface area contributed by atoms with Gasteiger partial charge in [0.1, 0.15) is 0 Å². The molecule has 1 aliphatic rings. The summed E-state index contributed by atoms with van der Waals surface area (Å²) in [6, 6.07) is 14.6. The lowest BCUT2D eigenvalue weighted by atomic mass is 9.95. The van der Waals surface area contributed by atoms with E-state index >= 15 is 0 Å². The number of hydrogen-bond donors (Lipinski definition) is 2. The molecule has 0 saturated carbocycles. The fourth-order valence-corrected chi connectivity index (χ4v) is 4.38. The van der Waals surface area contributed by atoms with Crippen LogP contribution in [-0.2, 0) is 26.9 Å². The third-order valence-electron chi connectivity index (χ3n) is 4.49. The van der Waals surface area contributed by atoms with Gasteiger partial charge in [-0.15, -0.1) is 0 Å². The molecule has 2 aromatic rings. The first-order valence-electron chi connectivity index (χ1n) is 8.45. The van der Waals surface area contributed by atoms with Gasteiger partial charge in [0.25, 0.3) is 0 Å². The molecule has 2 aromatic carbocycles. The molecule has 0 amide bonds. The number of rotatable bonds is 6. The summed E-state index contributed by atoms with van der Waals surface area (Å²) >= 11 is 0. The van der Waals surface area contributed by atoms with E-state index in [1.54, 1.807) is 24.3 Å². The van der Waals surface area contributed by atoms with E-state index in [2.05, 4.69) is 16.1 Å². The quantitative estimate of drug-likeness (QED) is 0.753. The predicted molar refractivity (Wildman–Crippen MR) is 99.3 cm³/mol. The Morgan fingerprint density at radius 2 is 1.92 bits per heavy atom. The van der Waals surface area contributed by atoms with Crippen molar-refractivity contribution in [3.05, 3.63) is 70.8 Å². The highest BCUT2D eigenvalue weighted by atomic mass is 32.2. The van der Waals surface area contributed by atoms with E-state index in [9.17, 15) is 13.2 Å². The Hall–Kier alpha value is -2.22. The van der Waals surface area contributed by atoms with Crippen molar-refractivity contribution in [2.24, 2.45) is 0 Å². The minimum atomic E-state index is -3.60. The Kier molecular flexibility index (Phi) is 5.70. The number of benzene rings is 2. The molecule has 0 bridgehead atoms. The standard InChI is InChI=1S/C19H22N2O4S/c1-25-19(22)17-9-5-3-7-15(17)13-26(23,24)21-12-18-16-8-4-2-6-14(16)10-11-20-18/h2-9,18,20-21H,10-13H2,1H3. The van der Waals surface area contributed by atoms with Crippen LogP contribution in [0.3, 0.4) is 0 Å². The van der Waals surface area contributed by atoms with Crippen LogP contribution in [0.1, 0.15) is 33.1 Å². The summed E-state index contributed by atoms with van der Waals surface area (Å²) in [5.41, 5.74) is 3.05. The van der Waals surface area contributed by atoms with E-state index in [0.717, 1.165) is 18.5 Å². The molecule has 7 heteroatoms. The molecule has 0 radical (unpaired) electrons. The second kappa shape index (κ2) is 7.99. The molecule has 2 N–H and O–H groups in total. The van der Waals surface area contributed by atoms with Crippen LogP contribution in [0.5, 0.6) is 0 Å². The van der Waals surface area contributed by atoms with E-state index in [4.69, 9.17) is 4.74 Å². The lowest BCUT2D eigenvalue weighted by molar-refractivity contribution is 0.0600. The number of ether oxygens (including phenoxy) is 1. The largest absolute Gasteiger partial charge is 0.465 e. The monoisotopic (exact) mass is 374 g/mol. The molecule has 6 nitrogen and oxygen atoms in total. The maximum absolute atomic E-state index is 12.5. The van der Waals surface area contributed by atoms with Gasteiger partial charge in [-0.05, 0) is 35.7 Å². The topological polar surface area (TPSA) is 84.5 Å². The summed E-state index contributed by atoms with van der Waals surface area (Å²) in [6.45, 7) is 1.08. The van der Waals surface area contributed by atoms with Crippen LogP contribution in [-0.4, -0.2) is 34.6 Å². The van der Waals surface area contributed by atoms with E-state index in [1.807, 2.05) is 18.2 Å². The number of fused-ring (bicyclic) bond motifs is 1. The maximum Gasteiger partial charge on any atom is 0.338 e. The van der Waals surface area contributed by atoms with Crippen molar-refractivity contribution in [1.82, 2.24) is 10.0 Å². The van der Waals surface area contributed by atoms with Crippen LogP contribution in [0.15, 0.2) is 48.5 Å². The van der Waals surface area contributed by atoms with Gasteiger partial charge in [-0.1, -0.05) is 42.5 Å². The third-order valence-corrected chi connectivity index (χ3v) is 5.79. The third kappa shape index (κ3) is 4.30. The highest BCUT2D eigenvalue weighted by Gasteiger charge is 2.22. The zero-order chi connectivity index (χ0) is 18.6. The van der Waals surface area contributed by atoms with Crippen molar-refractivity contribution >= 4 is 16.0 Å². The highest BCUT2D eigenvalue weighted by molar-refractivity contribution is 7.88. The molecule has 1 atom stereocenters. The lowest BCUT2D eigenvalue weighted by Crippen LogP contribution is -2.39. The summed E-state index contributed by atoms with van der Waals surface area (Å²) in [6.07, 6.45) is 0.936. The smallest absolute Gasteiger partial charge is 0.338 e. The predicted octanol–water partition coefficient (Wildman–Crippen LogP) is 1.78. The molecule has 0 aliphatic carbocycles. The maximum atomic E-state index is 12.5. The first-order chi connectivity index (χ1) is 12.5. The molecule has 1 aliphatic heterocycles. The van der Waals surface area contributed by atoms with Crippen LogP contribution in [0.4, 0.5) is 0 Å². The molecule has 0 saturated heterocycles. The van der Waals surface area contributed by atoms with Gasteiger partial charge in [0.2, 0.25) is 10.0 Å². The van der Waals surface area contributed by atoms with Gasteiger partial charge in [0.05, 0.1) is 18.4 Å². The average molecular weight is 374 g/mol. The summed E-state index contributed by atoms with van der Waals surface area (Å²) in [5, 5.41) is 3.35. The van der Waals surface area contributed by atoms with Crippen molar-refractivity contribution in [1.29, 1.82) is 0 Å². The van der Waals surface area contributed by atoms with E-state index in [1.165, 1.54) is 12.7 Å². The zero-order valence-electron chi connectivity index (χ0n) is 14.6. The SMILES string of the molecule is COC(=O)c1ccccc1CS(=O)(=O)NCC1NCCc2ccccc21. The molecular formula is C19H22N2O4S. The van der Waals surface area contributed by atoms with Crippen LogP contribution >= 0.6 is 0 Å². The lowest BCUT2D eigenvalue weighted by Gasteiger charge is -2.27. The Balaban J connectivity index is 1.71. The van der Waals surface area contributed by atoms with E-state index in [0.29, 0.717) is 5.56 Å². The molecule has 26 heavy (non-hydrogen) atoms. The highest BCUT2D eigenvalue weighted by Crippen LogP contribution is 2.22. The van der Waals surface area contributed by atoms with Gasteiger partial charge < -0.3 is 10.1 Å². The molecule has 1 heterocycles. The molecule has 0 spiro atoms. The summed E-state index contributed by atoms with van der Waals surface area (Å²) in [4.78, 5) is 11.8. The van der Waals surface area contributed by atoms with Crippen molar-refractivity contribution in [2.75, 3.05) is 20.2 Å². The van der Waals surface area contributed by atoms with Gasteiger partial charge in [0.15, 0.2) is 0 Å². The van der Waals surface area contributed by atoms with Gasteiger partial charge in [-0.2, -0.15) is 0 Å². The van der Waals surface area contributed by atoms with Crippen molar-refractivity contribution in [3.63, 3.8) is 0 Å². The van der Waals surface area contributed by atoms with Crippen molar-refractivity contribution in [3.8, 4) is 0 Å². The number of carbonyl (C=O) groups excluding carboxylic acids is 1. The number of nitrogens with one attached hydrogen (secondary N) is 2. The number of esters is 1. The normalized spacial score (nSPS) is 16.7. The summed E-state index contributed by atoms with van der Waals surface area (Å²) in [7, 11) is -2.32. The van der Waals surface area contributed by atoms with Crippen molar-refractivity contribution in [2.45, 2.75) is 18.2 Å². The fraction of sp³-hybridized carbons (Fsp3) is 0.316. The van der Waals surface area contributed by atoms with Gasteiger partial charge in [-0.3, -0.25) is 0 Å². The van der Waals surface area contributed by atoms with E-state index < -0.39 is 16.0 Å². The zero-order valence-corrected chi connectivity index (χ0v) is 15.4. The van der Waals surface area contributed by atoms with Crippen LogP contribution in [0.25, 0.3) is 0 Å². The molecule has 138 valence electrons. The minimum Gasteiger partial charge on any atom is -0.465 e. The first-order valence-corrected chi connectivity index (χ1v) is 10.1. The second-order valence-electron chi connectivity index (χ2n) is 6.21. The molecular weight excluding hydrogens is 352 g/mol. The van der Waals surface area contributed by atoms with Crippen LogP contribution in [0.2, 0.25) is 0 Å². The minimum absolute atomic E-state index is 0.0643. The summed E-state index contributed by atoms with van der Waals surface area (Å²) < 4.78 is 32.4. The van der Waals surface area contributed by atoms with Crippen LogP contribution < -0.4 is 10.0 Å². The number of sulfonamides is 1. The fourth-order valence-electron chi connectivity index (χ4n) is 3.20. The molecule has 0 aromatic heterocycles. The Labute approximate surface area is 153 Å². The van der Waals surface area contributed by atoms with Gasteiger partial charge in [-0.25, -0.2) is 17.9 Å². The Bertz CT molecular complexity index is 896. The molecule has 1 unspecified atom stereocenters. The Morgan fingerprint density at radius 3 is 2.73 bits per heavy atom. The number of hydrogen-bond acceptors (Lipinski definition) is 5. The molecule has 3 rings (SSSR count). The van der Waals surface area contributed by atoms with Gasteiger partial charge >= 0.3 is 5.97 Å².